The zero-order valence-corrected chi connectivity index (χ0v) is 13.5. The summed E-state index contributed by atoms with van der Waals surface area (Å²) in [6, 6.07) is 3.87. The smallest absolute Gasteiger partial charge is 0.316 e. The summed E-state index contributed by atoms with van der Waals surface area (Å²) in [5.41, 5.74) is 1.88. The van der Waals surface area contributed by atoms with Crippen LogP contribution in [-0.4, -0.2) is 35.3 Å². The van der Waals surface area contributed by atoms with E-state index in [9.17, 15) is 14.9 Å². The number of nitro groups is 1. The molecule has 3 aromatic rings. The summed E-state index contributed by atoms with van der Waals surface area (Å²) in [6.07, 6.45) is 2.36. The molecule has 0 aliphatic carbocycles. The number of hydrogen-bond acceptors (Lipinski definition) is 7. The van der Waals surface area contributed by atoms with E-state index >= 15 is 0 Å². The molecule has 11 nitrogen and oxygen atoms in total. The van der Waals surface area contributed by atoms with Crippen LogP contribution in [0.25, 0.3) is 0 Å². The predicted octanol–water partition coefficient (Wildman–Crippen LogP) is 0.800. The van der Waals surface area contributed by atoms with Crippen molar-refractivity contribution in [2.24, 2.45) is 7.05 Å². The molecule has 25 heavy (non-hydrogen) atoms. The molecule has 0 aliphatic heterocycles. The van der Waals surface area contributed by atoms with Gasteiger partial charge in [-0.3, -0.25) is 19.6 Å². The number of carbonyl (C=O) groups is 1. The highest BCUT2D eigenvalue weighted by molar-refractivity contribution is 5.89. The lowest BCUT2D eigenvalue weighted by molar-refractivity contribution is -0.385. The third-order valence-corrected chi connectivity index (χ3v) is 3.70. The van der Waals surface area contributed by atoms with Gasteiger partial charge < -0.3 is 14.4 Å². The van der Waals surface area contributed by atoms with E-state index in [1.54, 1.807) is 0 Å². The molecule has 0 saturated carbocycles. The molecule has 3 rings (SSSR count). The molecule has 0 bridgehead atoms. The largest absolute Gasteiger partial charge is 0.350 e. The Labute approximate surface area is 141 Å². The molecule has 0 aromatic carbocycles. The van der Waals surface area contributed by atoms with Gasteiger partial charge in [-0.25, -0.2) is 0 Å². The molecule has 3 heterocycles. The Hall–Kier alpha value is -3.50. The number of hydrogen-bond donors (Lipinski definition) is 1. The Morgan fingerprint density at radius 3 is 2.88 bits per heavy atom. The summed E-state index contributed by atoms with van der Waals surface area (Å²) in [4.78, 5) is 26.1. The summed E-state index contributed by atoms with van der Waals surface area (Å²) >= 11 is 0. The van der Waals surface area contributed by atoms with Gasteiger partial charge in [-0.2, -0.15) is 10.1 Å². The third kappa shape index (κ3) is 3.54. The van der Waals surface area contributed by atoms with E-state index in [4.69, 9.17) is 4.52 Å². The Kier molecular flexibility index (Phi) is 4.29. The van der Waals surface area contributed by atoms with Crippen molar-refractivity contribution < 1.29 is 14.2 Å². The van der Waals surface area contributed by atoms with Crippen molar-refractivity contribution in [1.29, 1.82) is 0 Å². The Balaban J connectivity index is 1.61. The van der Waals surface area contributed by atoms with Crippen molar-refractivity contribution in [1.82, 2.24) is 29.8 Å². The van der Waals surface area contributed by atoms with E-state index in [-0.39, 0.29) is 23.9 Å². The van der Waals surface area contributed by atoms with Crippen molar-refractivity contribution >= 4 is 11.6 Å². The molecule has 0 fully saturated rings. The number of aryl methyl sites for hydroxylation is 1. The van der Waals surface area contributed by atoms with Crippen LogP contribution in [0.15, 0.2) is 29.0 Å². The van der Waals surface area contributed by atoms with Crippen LogP contribution in [0.1, 0.15) is 27.9 Å². The van der Waals surface area contributed by atoms with E-state index in [1.807, 2.05) is 30.7 Å². The Bertz CT molecular complexity index is 923. The topological polar surface area (TPSA) is 134 Å². The number of nitrogens with zero attached hydrogens (tertiary/aromatic N) is 6. The predicted molar refractivity (Wildman–Crippen MR) is 83.6 cm³/mol. The number of nitrogens with one attached hydrogen (secondary N) is 1. The van der Waals surface area contributed by atoms with Crippen LogP contribution < -0.4 is 5.32 Å². The molecule has 0 unspecified atom stereocenters. The number of amides is 1. The second-order valence-electron chi connectivity index (χ2n) is 5.38. The van der Waals surface area contributed by atoms with Gasteiger partial charge in [0.2, 0.25) is 0 Å². The van der Waals surface area contributed by atoms with Gasteiger partial charge in [-0.05, 0) is 19.1 Å². The molecule has 0 spiro atoms. The first-order valence-electron chi connectivity index (χ1n) is 7.33. The van der Waals surface area contributed by atoms with Crippen molar-refractivity contribution in [2.75, 3.05) is 0 Å². The first-order chi connectivity index (χ1) is 11.9. The normalized spacial score (nSPS) is 10.8. The maximum Gasteiger partial charge on any atom is 0.316 e. The monoisotopic (exact) mass is 345 g/mol. The number of carbonyl (C=O) groups excluding carboxylic acids is 1. The van der Waals surface area contributed by atoms with E-state index in [1.165, 1.54) is 10.9 Å². The minimum Gasteiger partial charge on any atom is -0.350 e. The van der Waals surface area contributed by atoms with Gasteiger partial charge in [0.05, 0.1) is 11.5 Å². The molecular formula is C14H15N7O4. The minimum absolute atomic E-state index is 0.0572. The lowest BCUT2D eigenvalue weighted by Gasteiger charge is -2.05. The van der Waals surface area contributed by atoms with Gasteiger partial charge in [0.1, 0.15) is 18.9 Å². The summed E-state index contributed by atoms with van der Waals surface area (Å²) in [6.45, 7) is 2.35. The molecular weight excluding hydrogens is 330 g/mol. The zero-order chi connectivity index (χ0) is 18.0. The zero-order valence-electron chi connectivity index (χ0n) is 13.5. The minimum atomic E-state index is -0.552. The van der Waals surface area contributed by atoms with Crippen LogP contribution in [0, 0.1) is 17.0 Å². The van der Waals surface area contributed by atoms with Crippen molar-refractivity contribution in [3.63, 3.8) is 0 Å². The first-order valence-corrected chi connectivity index (χ1v) is 7.33. The maximum atomic E-state index is 12.1. The first kappa shape index (κ1) is 16.4. The molecule has 0 aliphatic rings. The highest BCUT2D eigenvalue weighted by Crippen LogP contribution is 2.09. The van der Waals surface area contributed by atoms with Crippen molar-refractivity contribution in [2.45, 2.75) is 20.0 Å². The van der Waals surface area contributed by atoms with E-state index in [0.29, 0.717) is 6.54 Å². The number of rotatable bonds is 6. The Morgan fingerprint density at radius 2 is 2.24 bits per heavy atom. The van der Waals surface area contributed by atoms with Gasteiger partial charge in [-0.15, -0.1) is 0 Å². The van der Waals surface area contributed by atoms with Crippen molar-refractivity contribution in [3.8, 4) is 0 Å². The van der Waals surface area contributed by atoms with Gasteiger partial charge in [0.15, 0.2) is 5.82 Å². The standard InChI is InChI=1S/C14H15N7O4/c1-9-3-4-10(19(9)2)5-15-13(22)14-17-12(18-25-14)8-20-7-11(6-16-20)21(23)24/h3-4,6-7H,5,8H2,1-2H3,(H,15,22). The summed E-state index contributed by atoms with van der Waals surface area (Å²) in [5, 5.41) is 20.8. The highest BCUT2D eigenvalue weighted by Gasteiger charge is 2.17. The van der Waals surface area contributed by atoms with Gasteiger partial charge >= 0.3 is 17.5 Å². The fourth-order valence-corrected chi connectivity index (χ4v) is 2.18. The van der Waals surface area contributed by atoms with Crippen LogP contribution >= 0.6 is 0 Å². The van der Waals surface area contributed by atoms with E-state index < -0.39 is 10.8 Å². The molecule has 1 amide bonds. The van der Waals surface area contributed by atoms with Crippen LogP contribution in [0.2, 0.25) is 0 Å². The van der Waals surface area contributed by atoms with Gasteiger partial charge in [0.25, 0.3) is 0 Å². The molecule has 0 atom stereocenters. The molecule has 11 heteroatoms. The second-order valence-corrected chi connectivity index (χ2v) is 5.38. The highest BCUT2D eigenvalue weighted by atomic mass is 16.6. The molecule has 130 valence electrons. The Morgan fingerprint density at radius 1 is 1.44 bits per heavy atom. The molecule has 0 radical (unpaired) electrons. The summed E-state index contributed by atoms with van der Waals surface area (Å²) in [5.74, 6) is -0.482. The van der Waals surface area contributed by atoms with Gasteiger partial charge in [-0.1, -0.05) is 5.16 Å². The molecule has 1 N–H and O–H groups in total. The fraction of sp³-hybridized carbons (Fsp3) is 0.286. The lowest BCUT2D eigenvalue weighted by atomic mass is 10.4. The van der Waals surface area contributed by atoms with Crippen LogP contribution in [0.4, 0.5) is 5.69 Å². The average Bonchev–Trinajstić information content (AvgIpc) is 3.29. The lowest BCUT2D eigenvalue weighted by Crippen LogP contribution is -2.24. The molecule has 0 saturated heterocycles. The van der Waals surface area contributed by atoms with Crippen LogP contribution in [0.3, 0.4) is 0 Å². The van der Waals surface area contributed by atoms with Crippen molar-refractivity contribution in [3.05, 3.63) is 57.7 Å². The second kappa shape index (κ2) is 6.55. The summed E-state index contributed by atoms with van der Waals surface area (Å²) in [7, 11) is 1.91. The summed E-state index contributed by atoms with van der Waals surface area (Å²) < 4.78 is 8.17. The fourth-order valence-electron chi connectivity index (χ4n) is 2.18. The van der Waals surface area contributed by atoms with E-state index in [2.05, 4.69) is 20.6 Å². The SMILES string of the molecule is Cc1ccc(CNC(=O)c2nc(Cn3cc([N+](=O)[O-])cn3)no2)n1C. The number of aromatic nitrogens is 5. The van der Waals surface area contributed by atoms with E-state index in [0.717, 1.165) is 17.6 Å². The molecule has 3 aromatic heterocycles. The maximum absolute atomic E-state index is 12.1. The van der Waals surface area contributed by atoms with Gasteiger partial charge in [0, 0.05) is 18.4 Å². The van der Waals surface area contributed by atoms with Crippen LogP contribution in [0.5, 0.6) is 0 Å². The average molecular weight is 345 g/mol. The third-order valence-electron chi connectivity index (χ3n) is 3.70. The quantitative estimate of drug-likeness (QED) is 0.516. The van der Waals surface area contributed by atoms with Crippen LogP contribution in [-0.2, 0) is 20.1 Å².